The molecule has 1 aromatic heterocycles. The summed E-state index contributed by atoms with van der Waals surface area (Å²) in [7, 11) is 0. The number of nitrogens with zero attached hydrogens (tertiary/aromatic N) is 2. The Morgan fingerprint density at radius 1 is 1.07 bits per heavy atom. The summed E-state index contributed by atoms with van der Waals surface area (Å²) in [4.78, 5) is 6.10. The van der Waals surface area contributed by atoms with Crippen LogP contribution >= 0.6 is 63.7 Å². The lowest BCUT2D eigenvalue weighted by Crippen LogP contribution is -2.08. The van der Waals surface area contributed by atoms with Crippen LogP contribution in [0.1, 0.15) is 0 Å². The molecule has 6 heteroatoms. The van der Waals surface area contributed by atoms with Crippen molar-refractivity contribution in [3.63, 3.8) is 0 Å². The predicted octanol–water partition coefficient (Wildman–Crippen LogP) is 5.07. The molecule has 0 spiro atoms. The van der Waals surface area contributed by atoms with Gasteiger partial charge in [0.25, 0.3) is 0 Å². The summed E-state index contributed by atoms with van der Waals surface area (Å²) in [6.07, 6.45) is 5.45. The number of halogens is 4. The Hall–Kier alpha value is 0.350. The first-order chi connectivity index (χ1) is 7.09. The van der Waals surface area contributed by atoms with Crippen molar-refractivity contribution in [3.8, 4) is 0 Å². The molecule has 0 aliphatic rings. The third-order valence-corrected chi connectivity index (χ3v) is 2.21. The number of rotatable bonds is 3. The van der Waals surface area contributed by atoms with Gasteiger partial charge in [-0.15, -0.1) is 0 Å². The maximum Gasteiger partial charge on any atom is 0.136 e. The van der Waals surface area contributed by atoms with Gasteiger partial charge >= 0.3 is 0 Å². The second-order valence-corrected chi connectivity index (χ2v) is 7.98. The topological polar surface area (TPSA) is 16.1 Å². The third kappa shape index (κ3) is 5.29. The smallest absolute Gasteiger partial charge is 0.136 e. The second-order valence-electron chi connectivity index (χ2n) is 2.43. The molecule has 0 aliphatic carbocycles. The van der Waals surface area contributed by atoms with E-state index in [4.69, 9.17) is 0 Å². The van der Waals surface area contributed by atoms with Crippen LogP contribution in [-0.4, -0.2) is 4.98 Å². The molecule has 1 heterocycles. The van der Waals surface area contributed by atoms with E-state index in [0.29, 0.717) is 0 Å². The highest BCUT2D eigenvalue weighted by Crippen LogP contribution is 2.22. The molecule has 0 aromatic carbocycles. The first-order valence-electron chi connectivity index (χ1n) is 3.84. The molecule has 1 aromatic rings. The van der Waals surface area contributed by atoms with Crippen molar-refractivity contribution in [2.24, 2.45) is 0 Å². The Morgan fingerprint density at radius 3 is 2.07 bits per heavy atom. The van der Waals surface area contributed by atoms with Crippen LogP contribution in [0.4, 0.5) is 5.82 Å². The van der Waals surface area contributed by atoms with Crippen molar-refractivity contribution in [1.82, 2.24) is 4.98 Å². The van der Waals surface area contributed by atoms with Gasteiger partial charge in [0, 0.05) is 18.6 Å². The molecule has 1 rings (SSSR count). The summed E-state index contributed by atoms with van der Waals surface area (Å²) in [5, 5.41) is 0. The molecule has 0 saturated heterocycles. The number of pyridine rings is 1. The van der Waals surface area contributed by atoms with E-state index in [2.05, 4.69) is 68.7 Å². The Bertz CT molecular complexity index is 349. The van der Waals surface area contributed by atoms with Crippen molar-refractivity contribution in [2.75, 3.05) is 4.90 Å². The van der Waals surface area contributed by atoms with Crippen LogP contribution < -0.4 is 4.90 Å². The molecule has 2 nitrogen and oxygen atoms in total. The van der Waals surface area contributed by atoms with Crippen molar-refractivity contribution in [1.29, 1.82) is 0 Å². The van der Waals surface area contributed by atoms with E-state index in [1.165, 1.54) is 0 Å². The van der Waals surface area contributed by atoms with Crippen LogP contribution in [0, 0.1) is 0 Å². The van der Waals surface area contributed by atoms with E-state index < -0.39 is 0 Å². The predicted molar refractivity (Wildman–Crippen MR) is 78.6 cm³/mol. The molecule has 0 bridgehead atoms. The van der Waals surface area contributed by atoms with Gasteiger partial charge in [-0.25, -0.2) is 4.98 Å². The first kappa shape index (κ1) is 13.4. The fourth-order valence-corrected chi connectivity index (χ4v) is 1.77. The zero-order valence-electron chi connectivity index (χ0n) is 7.37. The van der Waals surface area contributed by atoms with Crippen LogP contribution in [0.2, 0.25) is 0 Å². The minimum absolute atomic E-state index is 0.824. The van der Waals surface area contributed by atoms with Gasteiger partial charge in [0.2, 0.25) is 0 Å². The Labute approximate surface area is 122 Å². The van der Waals surface area contributed by atoms with Gasteiger partial charge < -0.3 is 4.90 Å². The third-order valence-electron chi connectivity index (χ3n) is 1.39. The Kier molecular flexibility index (Phi) is 6.11. The van der Waals surface area contributed by atoms with Gasteiger partial charge in [-0.05, 0) is 75.9 Å². The highest BCUT2D eigenvalue weighted by molar-refractivity contribution is 9.28. The Morgan fingerprint density at radius 2 is 1.67 bits per heavy atom. The Balaban J connectivity index is 3.02. The van der Waals surface area contributed by atoms with Crippen LogP contribution in [0.3, 0.4) is 0 Å². The van der Waals surface area contributed by atoms with Gasteiger partial charge in [0.05, 0.1) is 6.78 Å². The first-order valence-corrected chi connectivity index (χ1v) is 7.02. The van der Waals surface area contributed by atoms with Crippen molar-refractivity contribution in [2.45, 2.75) is 0 Å². The monoisotopic (exact) mass is 458 g/mol. The SMILES string of the molecule is BrC(Br)=CN(C=C(Br)Br)c1ccccn1. The molecule has 0 unspecified atom stereocenters. The van der Waals surface area contributed by atoms with E-state index in [9.17, 15) is 0 Å². The van der Waals surface area contributed by atoms with Gasteiger partial charge in [-0.1, -0.05) is 6.07 Å². The van der Waals surface area contributed by atoms with E-state index in [1.807, 2.05) is 35.5 Å². The fraction of sp³-hybridized carbons (Fsp3) is 0. The maximum absolute atomic E-state index is 4.24. The van der Waals surface area contributed by atoms with Gasteiger partial charge in [0.15, 0.2) is 0 Å². The zero-order chi connectivity index (χ0) is 11.3. The maximum atomic E-state index is 4.24. The van der Waals surface area contributed by atoms with Crippen LogP contribution in [0.25, 0.3) is 0 Å². The molecule has 0 radical (unpaired) electrons. The summed E-state index contributed by atoms with van der Waals surface area (Å²) in [5.74, 6) is 0.824. The molecule has 0 amide bonds. The molecule has 0 saturated carbocycles. The second kappa shape index (κ2) is 6.83. The molecular weight excluding hydrogens is 456 g/mol. The zero-order valence-corrected chi connectivity index (χ0v) is 13.7. The van der Waals surface area contributed by atoms with E-state index in [1.54, 1.807) is 6.20 Å². The summed E-state index contributed by atoms with van der Waals surface area (Å²) in [6.45, 7) is 0. The average Bonchev–Trinajstić information content (AvgIpc) is 2.17. The van der Waals surface area contributed by atoms with Crippen LogP contribution in [0.5, 0.6) is 0 Å². The lowest BCUT2D eigenvalue weighted by atomic mass is 10.4. The lowest BCUT2D eigenvalue weighted by Gasteiger charge is -2.14. The minimum atomic E-state index is 0.824. The number of hydrogen-bond donors (Lipinski definition) is 0. The molecule has 0 atom stereocenters. The highest BCUT2D eigenvalue weighted by atomic mass is 79.9. The van der Waals surface area contributed by atoms with Crippen LogP contribution in [-0.2, 0) is 0 Å². The highest BCUT2D eigenvalue weighted by Gasteiger charge is 2.02. The summed E-state index contributed by atoms with van der Waals surface area (Å²) in [6, 6.07) is 5.72. The molecule has 0 fully saturated rings. The van der Waals surface area contributed by atoms with E-state index in [0.717, 1.165) is 12.6 Å². The van der Waals surface area contributed by atoms with Gasteiger partial charge in [0.1, 0.15) is 5.82 Å². The van der Waals surface area contributed by atoms with Gasteiger partial charge in [-0.3, -0.25) is 0 Å². The van der Waals surface area contributed by atoms with E-state index >= 15 is 0 Å². The standard InChI is InChI=1S/C9H6Br4N2/c10-7(11)5-15(6-8(12)13)9-3-1-2-4-14-9/h1-6H. The number of anilines is 1. The average molecular weight is 462 g/mol. The quantitative estimate of drug-likeness (QED) is 0.625. The summed E-state index contributed by atoms with van der Waals surface area (Å²) in [5.41, 5.74) is 0. The lowest BCUT2D eigenvalue weighted by molar-refractivity contribution is 1.18. The molecule has 0 N–H and O–H groups in total. The van der Waals surface area contributed by atoms with Crippen LogP contribution in [0.15, 0.2) is 43.6 Å². The number of hydrogen-bond acceptors (Lipinski definition) is 2. The van der Waals surface area contributed by atoms with Crippen molar-refractivity contribution >= 4 is 69.5 Å². The number of aromatic nitrogens is 1. The molecule has 80 valence electrons. The summed E-state index contributed by atoms with van der Waals surface area (Å²) >= 11 is 13.2. The van der Waals surface area contributed by atoms with Gasteiger partial charge in [-0.2, -0.15) is 0 Å². The van der Waals surface area contributed by atoms with E-state index in [-0.39, 0.29) is 0 Å². The molecule has 0 aliphatic heterocycles. The van der Waals surface area contributed by atoms with Crippen molar-refractivity contribution in [3.05, 3.63) is 43.6 Å². The summed E-state index contributed by atoms with van der Waals surface area (Å²) < 4.78 is 1.66. The molecule has 15 heavy (non-hydrogen) atoms. The van der Waals surface area contributed by atoms with Crippen molar-refractivity contribution < 1.29 is 0 Å². The fourth-order valence-electron chi connectivity index (χ4n) is 0.886. The minimum Gasteiger partial charge on any atom is -0.305 e. The normalized spacial score (nSPS) is 9.33. The molecular formula is C9H6Br4N2. The largest absolute Gasteiger partial charge is 0.305 e.